The third-order valence-electron chi connectivity index (χ3n) is 5.23. The maximum Gasteiger partial charge on any atom is 0.251 e. The number of hydrogen-bond acceptors (Lipinski definition) is 3. The Morgan fingerprint density at radius 3 is 2.46 bits per heavy atom. The van der Waals surface area contributed by atoms with Crippen LogP contribution in [0.25, 0.3) is 0 Å². The van der Waals surface area contributed by atoms with Crippen molar-refractivity contribution in [3.8, 4) is 11.5 Å². The molecule has 1 N–H and O–H groups in total. The Hall–Kier alpha value is -2.01. The predicted octanol–water partition coefficient (Wildman–Crippen LogP) is 4.71. The molecule has 0 spiro atoms. The number of hydrogen-bond donors (Lipinski definition) is 1. The Bertz CT molecular complexity index is 785. The molecule has 0 aliphatic heterocycles. The molecule has 5 heteroatoms. The summed E-state index contributed by atoms with van der Waals surface area (Å²) in [6.45, 7) is 0.619. The van der Waals surface area contributed by atoms with E-state index in [9.17, 15) is 4.79 Å². The summed E-state index contributed by atoms with van der Waals surface area (Å²) in [5.74, 6) is 1.41. The molecule has 1 saturated carbocycles. The lowest BCUT2D eigenvalue weighted by Crippen LogP contribution is -2.39. The van der Waals surface area contributed by atoms with E-state index in [2.05, 4.69) is 33.4 Å². The van der Waals surface area contributed by atoms with E-state index in [4.69, 9.17) is 9.47 Å². The molecular weight excluding hydrogens is 394 g/mol. The molecule has 0 unspecified atom stereocenters. The molecule has 0 bridgehead atoms. The van der Waals surface area contributed by atoms with Crippen molar-refractivity contribution < 1.29 is 14.3 Å². The second kappa shape index (κ2) is 8.12. The predicted molar refractivity (Wildman–Crippen MR) is 106 cm³/mol. The van der Waals surface area contributed by atoms with Crippen molar-refractivity contribution in [1.82, 2.24) is 5.32 Å². The van der Waals surface area contributed by atoms with Gasteiger partial charge in [0.25, 0.3) is 5.91 Å². The summed E-state index contributed by atoms with van der Waals surface area (Å²) >= 11 is 3.42. The molecule has 1 aliphatic carbocycles. The molecule has 1 fully saturated rings. The van der Waals surface area contributed by atoms with Crippen LogP contribution in [0.1, 0.15) is 41.6 Å². The van der Waals surface area contributed by atoms with E-state index in [0.29, 0.717) is 12.1 Å². The van der Waals surface area contributed by atoms with Crippen LogP contribution < -0.4 is 14.8 Å². The number of ether oxygens (including phenoxy) is 2. The van der Waals surface area contributed by atoms with Gasteiger partial charge in [-0.25, -0.2) is 0 Å². The summed E-state index contributed by atoms with van der Waals surface area (Å²) in [6, 6.07) is 13.6. The average molecular weight is 418 g/mol. The van der Waals surface area contributed by atoms with Crippen molar-refractivity contribution in [3.63, 3.8) is 0 Å². The van der Waals surface area contributed by atoms with E-state index in [1.54, 1.807) is 14.2 Å². The lowest BCUT2D eigenvalue weighted by atomic mass is 9.78. The molecule has 1 aliphatic rings. The first-order valence-electron chi connectivity index (χ1n) is 8.84. The van der Waals surface area contributed by atoms with Gasteiger partial charge in [-0.3, -0.25) is 4.79 Å². The fraction of sp³-hybridized carbons (Fsp3) is 0.381. The Labute approximate surface area is 163 Å². The summed E-state index contributed by atoms with van der Waals surface area (Å²) in [5.41, 5.74) is 1.81. The summed E-state index contributed by atoms with van der Waals surface area (Å²) in [6.07, 6.45) is 4.45. The molecule has 3 rings (SSSR count). The smallest absolute Gasteiger partial charge is 0.251 e. The number of halogens is 1. The number of methoxy groups -OCH3 is 2. The fourth-order valence-corrected chi connectivity index (χ4v) is 4.17. The molecule has 2 aromatic carbocycles. The molecular formula is C21H24BrNO3. The number of benzene rings is 2. The zero-order chi connectivity index (χ0) is 18.6. The first-order valence-corrected chi connectivity index (χ1v) is 9.63. The number of rotatable bonds is 6. The first-order chi connectivity index (χ1) is 12.6. The fourth-order valence-electron chi connectivity index (χ4n) is 3.77. The minimum Gasteiger partial charge on any atom is -0.493 e. The molecule has 1 amide bonds. The first kappa shape index (κ1) is 18.8. The molecule has 0 saturated heterocycles. The lowest BCUT2D eigenvalue weighted by Gasteiger charge is -2.30. The average Bonchev–Trinajstić information content (AvgIpc) is 3.15. The standard InChI is InChI=1S/C21H24BrNO3/c1-25-18-9-8-16(13-19(18)26-2)21(10-3-4-11-21)14-23-20(24)15-6-5-7-17(22)12-15/h5-9,12-13H,3-4,10-11,14H2,1-2H3,(H,23,24). The van der Waals surface area contributed by atoms with Gasteiger partial charge in [-0.15, -0.1) is 0 Å². The van der Waals surface area contributed by atoms with Gasteiger partial charge in [0.05, 0.1) is 14.2 Å². The minimum absolute atomic E-state index is 0.0435. The molecule has 4 nitrogen and oxygen atoms in total. The van der Waals surface area contributed by atoms with Gasteiger partial charge in [0.15, 0.2) is 11.5 Å². The van der Waals surface area contributed by atoms with E-state index >= 15 is 0 Å². The third kappa shape index (κ3) is 3.88. The minimum atomic E-state index is -0.0543. The van der Waals surface area contributed by atoms with Gasteiger partial charge < -0.3 is 14.8 Å². The van der Waals surface area contributed by atoms with Crippen molar-refractivity contribution in [2.24, 2.45) is 0 Å². The Kier molecular flexibility index (Phi) is 5.87. The second-order valence-corrected chi connectivity index (χ2v) is 7.67. The van der Waals surface area contributed by atoms with E-state index in [0.717, 1.165) is 28.8 Å². The van der Waals surface area contributed by atoms with Gasteiger partial charge in [0.2, 0.25) is 0 Å². The zero-order valence-electron chi connectivity index (χ0n) is 15.2. The molecule has 0 heterocycles. The van der Waals surface area contributed by atoms with Crippen molar-refractivity contribution in [2.75, 3.05) is 20.8 Å². The third-order valence-corrected chi connectivity index (χ3v) is 5.72. The van der Waals surface area contributed by atoms with Crippen LogP contribution in [-0.2, 0) is 5.41 Å². The maximum absolute atomic E-state index is 12.6. The molecule has 138 valence electrons. The van der Waals surface area contributed by atoms with Gasteiger partial charge in [0.1, 0.15) is 0 Å². The van der Waals surface area contributed by atoms with Crippen molar-refractivity contribution in [2.45, 2.75) is 31.1 Å². The summed E-state index contributed by atoms with van der Waals surface area (Å²) < 4.78 is 11.7. The lowest BCUT2D eigenvalue weighted by molar-refractivity contribution is 0.0943. The van der Waals surface area contributed by atoms with E-state index in [1.807, 2.05) is 30.3 Å². The van der Waals surface area contributed by atoms with Crippen molar-refractivity contribution in [1.29, 1.82) is 0 Å². The van der Waals surface area contributed by atoms with E-state index in [-0.39, 0.29) is 11.3 Å². The topological polar surface area (TPSA) is 47.6 Å². The highest BCUT2D eigenvalue weighted by Gasteiger charge is 2.36. The van der Waals surface area contributed by atoms with Crippen molar-refractivity contribution in [3.05, 3.63) is 58.1 Å². The normalized spacial score (nSPS) is 15.5. The van der Waals surface area contributed by atoms with E-state index in [1.165, 1.54) is 18.4 Å². The van der Waals surface area contributed by atoms with Crippen LogP contribution in [0.3, 0.4) is 0 Å². The Balaban J connectivity index is 1.81. The van der Waals surface area contributed by atoms with Gasteiger partial charge >= 0.3 is 0 Å². The van der Waals surface area contributed by atoms with Gasteiger partial charge in [-0.2, -0.15) is 0 Å². The number of nitrogens with one attached hydrogen (secondary N) is 1. The summed E-state index contributed by atoms with van der Waals surface area (Å²) in [4.78, 5) is 12.6. The van der Waals surface area contributed by atoms with Gasteiger partial charge in [-0.05, 0) is 48.7 Å². The second-order valence-electron chi connectivity index (χ2n) is 6.75. The Morgan fingerprint density at radius 1 is 1.08 bits per heavy atom. The van der Waals surface area contributed by atoms with Crippen LogP contribution in [-0.4, -0.2) is 26.7 Å². The molecule has 0 atom stereocenters. The van der Waals surface area contributed by atoms with Crippen LogP contribution >= 0.6 is 15.9 Å². The Morgan fingerprint density at radius 2 is 1.81 bits per heavy atom. The molecule has 26 heavy (non-hydrogen) atoms. The van der Waals surface area contributed by atoms with Crippen LogP contribution in [0, 0.1) is 0 Å². The van der Waals surface area contributed by atoms with E-state index < -0.39 is 0 Å². The number of carbonyl (C=O) groups excluding carboxylic acids is 1. The monoisotopic (exact) mass is 417 g/mol. The van der Waals surface area contributed by atoms with Crippen LogP contribution in [0.4, 0.5) is 0 Å². The quantitative estimate of drug-likeness (QED) is 0.740. The van der Waals surface area contributed by atoms with Gasteiger partial charge in [0, 0.05) is 22.0 Å². The SMILES string of the molecule is COc1ccc(C2(CNC(=O)c3cccc(Br)c3)CCCC2)cc1OC. The van der Waals surface area contributed by atoms with Gasteiger partial charge in [-0.1, -0.05) is 40.9 Å². The zero-order valence-corrected chi connectivity index (χ0v) is 16.8. The number of amides is 1. The highest BCUT2D eigenvalue weighted by Crippen LogP contribution is 2.43. The largest absolute Gasteiger partial charge is 0.493 e. The highest BCUT2D eigenvalue weighted by atomic mass is 79.9. The molecule has 0 radical (unpaired) electrons. The maximum atomic E-state index is 12.6. The van der Waals surface area contributed by atoms with Crippen LogP contribution in [0.5, 0.6) is 11.5 Å². The highest BCUT2D eigenvalue weighted by molar-refractivity contribution is 9.10. The molecule has 0 aromatic heterocycles. The van der Waals surface area contributed by atoms with Crippen LogP contribution in [0.2, 0.25) is 0 Å². The number of carbonyl (C=O) groups is 1. The van der Waals surface area contributed by atoms with Crippen LogP contribution in [0.15, 0.2) is 46.9 Å². The summed E-state index contributed by atoms with van der Waals surface area (Å²) in [7, 11) is 3.29. The summed E-state index contributed by atoms with van der Waals surface area (Å²) in [5, 5.41) is 3.14. The molecule has 2 aromatic rings. The van der Waals surface area contributed by atoms with Crippen molar-refractivity contribution >= 4 is 21.8 Å².